The summed E-state index contributed by atoms with van der Waals surface area (Å²) >= 11 is 0. The molecule has 0 N–H and O–H groups in total. The first-order valence-corrected chi connectivity index (χ1v) is 7.15. The molecule has 1 heterocycles. The SMILES string of the molecule is O=C(/C=C/c1cccc(F)c1)OCc1nnnn1-c1ccccc1. The Morgan fingerprint density at radius 2 is 2.00 bits per heavy atom. The molecule has 0 fully saturated rings. The number of tetrazole rings is 1. The van der Waals surface area contributed by atoms with E-state index in [9.17, 15) is 9.18 Å². The predicted molar refractivity (Wildman–Crippen MR) is 84.4 cm³/mol. The molecule has 3 rings (SSSR count). The molecule has 120 valence electrons. The number of rotatable bonds is 5. The highest BCUT2D eigenvalue weighted by atomic mass is 19.1. The van der Waals surface area contributed by atoms with Crippen LogP contribution in [0.15, 0.2) is 60.7 Å². The number of nitrogens with zero attached hydrogens (tertiary/aromatic N) is 4. The number of esters is 1. The van der Waals surface area contributed by atoms with Gasteiger partial charge in [0.15, 0.2) is 12.4 Å². The third-order valence-corrected chi connectivity index (χ3v) is 3.14. The van der Waals surface area contributed by atoms with Crippen LogP contribution in [0.3, 0.4) is 0 Å². The summed E-state index contributed by atoms with van der Waals surface area (Å²) in [5.74, 6) is -0.539. The van der Waals surface area contributed by atoms with E-state index in [-0.39, 0.29) is 12.4 Å². The van der Waals surface area contributed by atoms with Gasteiger partial charge in [0.25, 0.3) is 0 Å². The van der Waals surface area contributed by atoms with E-state index in [2.05, 4.69) is 15.5 Å². The second-order valence-corrected chi connectivity index (χ2v) is 4.84. The molecule has 7 heteroatoms. The molecule has 0 aliphatic heterocycles. The summed E-state index contributed by atoms with van der Waals surface area (Å²) in [5, 5.41) is 11.3. The van der Waals surface area contributed by atoms with E-state index in [0.717, 1.165) is 5.69 Å². The van der Waals surface area contributed by atoms with E-state index in [1.165, 1.54) is 29.0 Å². The number of para-hydroxylation sites is 1. The molecule has 0 unspecified atom stereocenters. The third kappa shape index (κ3) is 3.89. The Hall–Kier alpha value is -3.35. The minimum atomic E-state index is -0.568. The Balaban J connectivity index is 1.62. The fourth-order valence-corrected chi connectivity index (χ4v) is 2.02. The van der Waals surface area contributed by atoms with Crippen molar-refractivity contribution in [2.24, 2.45) is 0 Å². The molecule has 0 atom stereocenters. The largest absolute Gasteiger partial charge is 0.454 e. The van der Waals surface area contributed by atoms with E-state index in [4.69, 9.17) is 4.74 Å². The van der Waals surface area contributed by atoms with Crippen molar-refractivity contribution in [2.75, 3.05) is 0 Å². The van der Waals surface area contributed by atoms with Gasteiger partial charge in [-0.2, -0.15) is 4.68 Å². The molecule has 6 nitrogen and oxygen atoms in total. The van der Waals surface area contributed by atoms with Crippen LogP contribution >= 0.6 is 0 Å². The van der Waals surface area contributed by atoms with Crippen molar-refractivity contribution in [2.45, 2.75) is 6.61 Å². The van der Waals surface area contributed by atoms with Gasteiger partial charge in [0, 0.05) is 6.08 Å². The zero-order chi connectivity index (χ0) is 16.8. The van der Waals surface area contributed by atoms with Crippen molar-refractivity contribution in [3.05, 3.63) is 77.9 Å². The Kier molecular flexibility index (Phi) is 4.71. The van der Waals surface area contributed by atoms with Crippen molar-refractivity contribution in [3.63, 3.8) is 0 Å². The van der Waals surface area contributed by atoms with Gasteiger partial charge in [0.05, 0.1) is 5.69 Å². The molecule has 0 radical (unpaired) electrons. The molecule has 24 heavy (non-hydrogen) atoms. The lowest BCUT2D eigenvalue weighted by Crippen LogP contribution is -2.08. The van der Waals surface area contributed by atoms with Gasteiger partial charge in [-0.25, -0.2) is 9.18 Å². The summed E-state index contributed by atoms with van der Waals surface area (Å²) in [7, 11) is 0. The summed E-state index contributed by atoms with van der Waals surface area (Å²) in [6.45, 7) is -0.0752. The highest BCUT2D eigenvalue weighted by molar-refractivity contribution is 5.86. The summed E-state index contributed by atoms with van der Waals surface area (Å²) in [4.78, 5) is 11.8. The van der Waals surface area contributed by atoms with Gasteiger partial charge in [-0.05, 0) is 46.3 Å². The monoisotopic (exact) mass is 324 g/mol. The standard InChI is InChI=1S/C17H13FN4O2/c18-14-6-4-5-13(11-14)9-10-17(23)24-12-16-19-20-21-22(16)15-7-2-1-3-8-15/h1-11H,12H2/b10-9+. The van der Waals surface area contributed by atoms with Crippen molar-refractivity contribution >= 4 is 12.0 Å². The van der Waals surface area contributed by atoms with Crippen LogP contribution in [0.2, 0.25) is 0 Å². The van der Waals surface area contributed by atoms with E-state index in [1.807, 2.05) is 30.3 Å². The van der Waals surface area contributed by atoms with E-state index in [0.29, 0.717) is 11.4 Å². The second kappa shape index (κ2) is 7.28. The maximum absolute atomic E-state index is 13.1. The fourth-order valence-electron chi connectivity index (χ4n) is 2.02. The molecule has 0 saturated heterocycles. The van der Waals surface area contributed by atoms with Crippen LogP contribution in [-0.4, -0.2) is 26.2 Å². The van der Waals surface area contributed by atoms with Crippen molar-refractivity contribution in [1.29, 1.82) is 0 Å². The number of hydrogen-bond acceptors (Lipinski definition) is 5. The number of carbonyl (C=O) groups is 1. The number of halogens is 1. The molecule has 1 aromatic heterocycles. The molecule has 0 amide bonds. The predicted octanol–water partition coefficient (Wildman–Crippen LogP) is 2.56. The smallest absolute Gasteiger partial charge is 0.331 e. The maximum Gasteiger partial charge on any atom is 0.331 e. The Bertz CT molecular complexity index is 862. The quantitative estimate of drug-likeness (QED) is 0.533. The fraction of sp³-hybridized carbons (Fsp3) is 0.0588. The molecule has 0 bridgehead atoms. The molecule has 2 aromatic carbocycles. The summed E-state index contributed by atoms with van der Waals surface area (Å²) < 4.78 is 19.7. The molecular formula is C17H13FN4O2. The normalized spacial score (nSPS) is 10.9. The second-order valence-electron chi connectivity index (χ2n) is 4.84. The molecule has 0 saturated carbocycles. The minimum absolute atomic E-state index is 0.0752. The van der Waals surface area contributed by atoms with Gasteiger partial charge in [0.1, 0.15) is 5.82 Å². The number of ether oxygens (including phenoxy) is 1. The molecular weight excluding hydrogens is 311 g/mol. The molecule has 0 aliphatic rings. The molecule has 0 aliphatic carbocycles. The van der Waals surface area contributed by atoms with E-state index >= 15 is 0 Å². The van der Waals surface area contributed by atoms with Crippen molar-refractivity contribution in [1.82, 2.24) is 20.2 Å². The zero-order valence-electron chi connectivity index (χ0n) is 12.5. The first-order chi connectivity index (χ1) is 11.7. The average Bonchev–Trinajstić information content (AvgIpc) is 3.07. The highest BCUT2D eigenvalue weighted by Crippen LogP contribution is 2.09. The van der Waals surface area contributed by atoms with Gasteiger partial charge in [0.2, 0.25) is 0 Å². The summed E-state index contributed by atoms with van der Waals surface area (Å²) in [5.41, 5.74) is 1.34. The number of benzene rings is 2. The Morgan fingerprint density at radius 1 is 1.17 bits per heavy atom. The van der Waals surface area contributed by atoms with Gasteiger partial charge in [-0.15, -0.1) is 5.10 Å². The number of aromatic nitrogens is 4. The molecule has 0 spiro atoms. The lowest BCUT2D eigenvalue weighted by Gasteiger charge is -2.04. The van der Waals surface area contributed by atoms with Crippen LogP contribution in [0.5, 0.6) is 0 Å². The molecule has 3 aromatic rings. The number of carbonyl (C=O) groups excluding carboxylic acids is 1. The average molecular weight is 324 g/mol. The van der Waals surface area contributed by atoms with Gasteiger partial charge < -0.3 is 4.74 Å². The topological polar surface area (TPSA) is 69.9 Å². The Labute approximate surface area is 137 Å². The van der Waals surface area contributed by atoms with Crippen molar-refractivity contribution in [3.8, 4) is 5.69 Å². The summed E-state index contributed by atoms with van der Waals surface area (Å²) in [6, 6.07) is 15.2. The summed E-state index contributed by atoms with van der Waals surface area (Å²) in [6.07, 6.45) is 2.71. The van der Waals surface area contributed by atoms with Crippen LogP contribution in [0.4, 0.5) is 4.39 Å². The maximum atomic E-state index is 13.1. The van der Waals surface area contributed by atoms with Gasteiger partial charge in [-0.3, -0.25) is 0 Å². The first kappa shape index (κ1) is 15.5. The number of hydrogen-bond donors (Lipinski definition) is 0. The lowest BCUT2D eigenvalue weighted by molar-refractivity contribution is -0.139. The van der Waals surface area contributed by atoms with Crippen molar-refractivity contribution < 1.29 is 13.9 Å². The lowest BCUT2D eigenvalue weighted by atomic mass is 10.2. The first-order valence-electron chi connectivity index (χ1n) is 7.15. The van der Waals surface area contributed by atoms with E-state index < -0.39 is 5.97 Å². The van der Waals surface area contributed by atoms with Gasteiger partial charge in [-0.1, -0.05) is 30.3 Å². The Morgan fingerprint density at radius 3 is 2.79 bits per heavy atom. The van der Waals surface area contributed by atoms with Crippen LogP contribution in [0, 0.1) is 5.82 Å². The third-order valence-electron chi connectivity index (χ3n) is 3.14. The van der Waals surface area contributed by atoms with Crippen LogP contribution in [-0.2, 0) is 16.1 Å². The zero-order valence-corrected chi connectivity index (χ0v) is 12.5. The van der Waals surface area contributed by atoms with Crippen LogP contribution in [0.1, 0.15) is 11.4 Å². The van der Waals surface area contributed by atoms with Crippen LogP contribution in [0.25, 0.3) is 11.8 Å². The van der Waals surface area contributed by atoms with Gasteiger partial charge >= 0.3 is 5.97 Å². The minimum Gasteiger partial charge on any atom is -0.454 e. The highest BCUT2D eigenvalue weighted by Gasteiger charge is 2.09. The van der Waals surface area contributed by atoms with Crippen LogP contribution < -0.4 is 0 Å². The van der Waals surface area contributed by atoms with E-state index in [1.54, 1.807) is 12.1 Å².